The molecule has 1 aliphatic rings. The summed E-state index contributed by atoms with van der Waals surface area (Å²) in [5, 5.41) is 23.6. The van der Waals surface area contributed by atoms with E-state index in [4.69, 9.17) is 10.6 Å². The predicted molar refractivity (Wildman–Crippen MR) is 72.2 cm³/mol. The molecule has 0 amide bonds. The monoisotopic (exact) mass is 283 g/mol. The van der Waals surface area contributed by atoms with Gasteiger partial charge in [-0.05, 0) is 18.9 Å². The average molecular weight is 283 g/mol. The Balaban J connectivity index is 2.32. The van der Waals surface area contributed by atoms with Gasteiger partial charge in [-0.2, -0.15) is 0 Å². The van der Waals surface area contributed by atoms with Crippen molar-refractivity contribution in [2.24, 2.45) is 5.84 Å². The Kier molecular flexibility index (Phi) is 4.32. The Morgan fingerprint density at radius 1 is 1.50 bits per heavy atom. The number of hydrogen-bond acceptors (Lipinski definition) is 8. The van der Waals surface area contributed by atoms with Crippen LogP contribution in [0.1, 0.15) is 12.8 Å². The highest BCUT2D eigenvalue weighted by atomic mass is 16.6. The Hall–Kier alpha value is -1.97. The third kappa shape index (κ3) is 2.95. The molecule has 0 unspecified atom stereocenters. The van der Waals surface area contributed by atoms with Crippen molar-refractivity contribution in [2.75, 3.05) is 30.6 Å². The summed E-state index contributed by atoms with van der Waals surface area (Å²) in [7, 11) is 0. The zero-order valence-corrected chi connectivity index (χ0v) is 10.8. The molecule has 1 aromatic rings. The summed E-state index contributed by atoms with van der Waals surface area (Å²) >= 11 is 0. The minimum atomic E-state index is -0.663. The molecular formula is C11H17N5O4. The van der Waals surface area contributed by atoms with Crippen LogP contribution < -0.4 is 16.6 Å². The normalized spacial score (nSPS) is 17.5. The molecule has 5 N–H and O–H groups in total. The first-order valence-corrected chi connectivity index (χ1v) is 6.19. The second-order valence-electron chi connectivity index (χ2n) is 4.64. The van der Waals surface area contributed by atoms with Crippen LogP contribution in [0.15, 0.2) is 12.1 Å². The van der Waals surface area contributed by atoms with E-state index in [0.717, 1.165) is 0 Å². The van der Waals surface area contributed by atoms with Gasteiger partial charge in [0, 0.05) is 19.3 Å². The highest BCUT2D eigenvalue weighted by molar-refractivity contribution is 5.61. The first-order valence-electron chi connectivity index (χ1n) is 6.19. The second-order valence-corrected chi connectivity index (χ2v) is 4.64. The Morgan fingerprint density at radius 2 is 2.20 bits per heavy atom. The standard InChI is InChI=1S/C11H17N5O4/c12-15-9-2-1-8(16(18)19)10(13-9)14-11(7-17)3-5-20-6-4-11/h1-2,17H,3-7,12H2,(H2,13,14,15). The van der Waals surface area contributed by atoms with Crippen LogP contribution in [0, 0.1) is 10.1 Å². The van der Waals surface area contributed by atoms with Crippen molar-refractivity contribution in [2.45, 2.75) is 18.4 Å². The van der Waals surface area contributed by atoms with E-state index in [-0.39, 0.29) is 18.1 Å². The number of hydrazine groups is 1. The van der Waals surface area contributed by atoms with E-state index in [0.29, 0.717) is 31.9 Å². The molecule has 20 heavy (non-hydrogen) atoms. The Labute approximate surface area is 115 Å². The minimum Gasteiger partial charge on any atom is -0.394 e. The van der Waals surface area contributed by atoms with Gasteiger partial charge in [0.25, 0.3) is 0 Å². The minimum absolute atomic E-state index is 0.0846. The Morgan fingerprint density at radius 3 is 2.75 bits per heavy atom. The van der Waals surface area contributed by atoms with Crippen LogP contribution in [0.25, 0.3) is 0 Å². The number of aliphatic hydroxyl groups is 1. The fourth-order valence-electron chi connectivity index (χ4n) is 2.11. The third-order valence-electron chi connectivity index (χ3n) is 3.35. The molecule has 9 nitrogen and oxygen atoms in total. The van der Waals surface area contributed by atoms with E-state index >= 15 is 0 Å². The number of nitrogens with one attached hydrogen (secondary N) is 2. The van der Waals surface area contributed by atoms with Crippen molar-refractivity contribution < 1.29 is 14.8 Å². The van der Waals surface area contributed by atoms with Gasteiger partial charge < -0.3 is 20.6 Å². The maximum atomic E-state index is 11.0. The van der Waals surface area contributed by atoms with Crippen LogP contribution in [0.3, 0.4) is 0 Å². The van der Waals surface area contributed by atoms with Gasteiger partial charge in [0.2, 0.25) is 5.82 Å². The quantitative estimate of drug-likeness (QED) is 0.342. The number of hydrogen-bond donors (Lipinski definition) is 4. The molecule has 0 spiro atoms. The maximum Gasteiger partial charge on any atom is 0.311 e. The summed E-state index contributed by atoms with van der Waals surface area (Å²) in [4.78, 5) is 14.6. The molecule has 0 aliphatic carbocycles. The molecule has 1 fully saturated rings. The van der Waals surface area contributed by atoms with Gasteiger partial charge in [-0.3, -0.25) is 10.1 Å². The molecule has 0 radical (unpaired) electrons. The molecular weight excluding hydrogens is 266 g/mol. The average Bonchev–Trinajstić information content (AvgIpc) is 2.47. The lowest BCUT2D eigenvalue weighted by Crippen LogP contribution is -2.47. The number of rotatable bonds is 5. The molecule has 0 atom stereocenters. The van der Waals surface area contributed by atoms with Crippen molar-refractivity contribution in [3.8, 4) is 0 Å². The highest BCUT2D eigenvalue weighted by Gasteiger charge is 2.34. The number of pyridine rings is 1. The number of anilines is 2. The number of nitrogens with two attached hydrogens (primary N) is 1. The molecule has 9 heteroatoms. The van der Waals surface area contributed by atoms with Gasteiger partial charge in [0.15, 0.2) is 0 Å². The first kappa shape index (κ1) is 14.4. The largest absolute Gasteiger partial charge is 0.394 e. The third-order valence-corrected chi connectivity index (χ3v) is 3.35. The first-order chi connectivity index (χ1) is 9.60. The fraction of sp³-hybridized carbons (Fsp3) is 0.545. The van der Waals surface area contributed by atoms with Crippen molar-refractivity contribution in [1.29, 1.82) is 0 Å². The SMILES string of the molecule is NNc1ccc([N+](=O)[O-])c(NC2(CO)CCOCC2)n1. The fourth-order valence-corrected chi connectivity index (χ4v) is 2.11. The summed E-state index contributed by atoms with van der Waals surface area (Å²) in [6, 6.07) is 2.73. The molecule has 110 valence electrons. The zero-order valence-electron chi connectivity index (χ0n) is 10.8. The lowest BCUT2D eigenvalue weighted by molar-refractivity contribution is -0.384. The van der Waals surface area contributed by atoms with Crippen molar-refractivity contribution >= 4 is 17.3 Å². The van der Waals surface area contributed by atoms with Crippen LogP contribution in [0.4, 0.5) is 17.3 Å². The van der Waals surface area contributed by atoms with E-state index in [1.807, 2.05) is 0 Å². The summed E-state index contributed by atoms with van der Waals surface area (Å²) in [6.07, 6.45) is 1.09. The van der Waals surface area contributed by atoms with Gasteiger partial charge >= 0.3 is 5.69 Å². The van der Waals surface area contributed by atoms with Crippen molar-refractivity contribution in [1.82, 2.24) is 4.98 Å². The number of aliphatic hydroxyl groups excluding tert-OH is 1. The molecule has 1 aromatic heterocycles. The van der Waals surface area contributed by atoms with E-state index in [2.05, 4.69) is 15.7 Å². The highest BCUT2D eigenvalue weighted by Crippen LogP contribution is 2.30. The van der Waals surface area contributed by atoms with Gasteiger partial charge in [0.05, 0.1) is 17.1 Å². The lowest BCUT2D eigenvalue weighted by Gasteiger charge is -2.36. The number of aromatic nitrogens is 1. The number of nitro groups is 1. The molecule has 1 saturated heterocycles. The van der Waals surface area contributed by atoms with E-state index in [9.17, 15) is 15.2 Å². The van der Waals surface area contributed by atoms with Crippen molar-refractivity contribution in [3.63, 3.8) is 0 Å². The molecule has 2 rings (SSSR count). The summed E-state index contributed by atoms with van der Waals surface area (Å²) < 4.78 is 5.25. The van der Waals surface area contributed by atoms with Gasteiger partial charge in [-0.1, -0.05) is 0 Å². The van der Waals surface area contributed by atoms with Gasteiger partial charge in [-0.15, -0.1) is 0 Å². The number of nitrogen functional groups attached to an aromatic ring is 1. The molecule has 0 bridgehead atoms. The summed E-state index contributed by atoms with van der Waals surface area (Å²) in [5.74, 6) is 5.65. The summed E-state index contributed by atoms with van der Waals surface area (Å²) in [6.45, 7) is 0.807. The van der Waals surface area contributed by atoms with E-state index in [1.54, 1.807) is 0 Å². The molecule has 0 aromatic carbocycles. The smallest absolute Gasteiger partial charge is 0.311 e. The Bertz CT molecular complexity index is 490. The molecule has 0 saturated carbocycles. The van der Waals surface area contributed by atoms with E-state index < -0.39 is 10.5 Å². The van der Waals surface area contributed by atoms with Crippen LogP contribution in [0.5, 0.6) is 0 Å². The van der Waals surface area contributed by atoms with Crippen molar-refractivity contribution in [3.05, 3.63) is 22.2 Å². The van der Waals surface area contributed by atoms with Crippen LogP contribution in [-0.2, 0) is 4.74 Å². The van der Waals surface area contributed by atoms with Gasteiger partial charge in [-0.25, -0.2) is 10.8 Å². The predicted octanol–water partition coefficient (Wildman–Crippen LogP) is 0.229. The van der Waals surface area contributed by atoms with Gasteiger partial charge in [0.1, 0.15) is 5.82 Å². The summed E-state index contributed by atoms with van der Waals surface area (Å²) in [5.41, 5.74) is 1.51. The molecule has 2 heterocycles. The lowest BCUT2D eigenvalue weighted by atomic mass is 9.91. The van der Waals surface area contributed by atoms with E-state index in [1.165, 1.54) is 12.1 Å². The zero-order chi connectivity index (χ0) is 14.6. The topological polar surface area (TPSA) is 136 Å². The van der Waals surface area contributed by atoms with Crippen LogP contribution in [-0.4, -0.2) is 40.4 Å². The molecule has 1 aliphatic heterocycles. The van der Waals surface area contributed by atoms with Crippen LogP contribution >= 0.6 is 0 Å². The number of nitrogens with zero attached hydrogens (tertiary/aromatic N) is 2. The number of ether oxygens (including phenoxy) is 1. The second kappa shape index (κ2) is 5.99. The van der Waals surface area contributed by atoms with Crippen LogP contribution in [0.2, 0.25) is 0 Å². The maximum absolute atomic E-state index is 11.0.